The zero-order valence-corrected chi connectivity index (χ0v) is 10.2. The van der Waals surface area contributed by atoms with Gasteiger partial charge in [0.2, 0.25) is 0 Å². The summed E-state index contributed by atoms with van der Waals surface area (Å²) in [5.74, 6) is 1.80. The zero-order chi connectivity index (χ0) is 11.2. The molecule has 6 heteroatoms. The Hall–Kier alpha value is 0.220. The Morgan fingerprint density at radius 1 is 1.20 bits per heavy atom. The van der Waals surface area contributed by atoms with Crippen molar-refractivity contribution >= 4 is 21.6 Å². The lowest BCUT2D eigenvalue weighted by Crippen LogP contribution is -2.63. The van der Waals surface area contributed by atoms with Crippen molar-refractivity contribution < 1.29 is 13.5 Å². The quantitative estimate of drug-likeness (QED) is 0.672. The molecule has 3 N–H and O–H groups in total. The first-order valence-electron chi connectivity index (χ1n) is 5.16. The Morgan fingerprint density at radius 2 is 1.80 bits per heavy atom. The molecule has 15 heavy (non-hydrogen) atoms. The molecule has 0 radical (unpaired) electrons. The van der Waals surface area contributed by atoms with Gasteiger partial charge in [0.1, 0.15) is 9.84 Å². The summed E-state index contributed by atoms with van der Waals surface area (Å²) >= 11 is 1.69. The third kappa shape index (κ3) is 2.05. The van der Waals surface area contributed by atoms with E-state index in [1.807, 2.05) is 0 Å². The fourth-order valence-electron chi connectivity index (χ4n) is 2.31. The van der Waals surface area contributed by atoms with E-state index < -0.39 is 21.0 Å². The lowest BCUT2D eigenvalue weighted by atomic mass is 9.76. The molecule has 0 aliphatic carbocycles. The maximum atomic E-state index is 11.3. The monoisotopic (exact) mass is 251 g/mol. The van der Waals surface area contributed by atoms with Gasteiger partial charge < -0.3 is 10.8 Å². The Balaban J connectivity index is 2.15. The van der Waals surface area contributed by atoms with E-state index in [4.69, 9.17) is 5.73 Å². The molecule has 88 valence electrons. The summed E-state index contributed by atoms with van der Waals surface area (Å²) in [5.41, 5.74) is 4.65. The highest BCUT2D eigenvalue weighted by Gasteiger charge is 2.51. The summed E-state index contributed by atoms with van der Waals surface area (Å²) in [6, 6.07) is 0. The van der Waals surface area contributed by atoms with Crippen LogP contribution >= 0.6 is 11.8 Å². The van der Waals surface area contributed by atoms with Crippen LogP contribution in [-0.4, -0.2) is 47.7 Å². The van der Waals surface area contributed by atoms with Crippen LogP contribution in [0.3, 0.4) is 0 Å². The van der Waals surface area contributed by atoms with Gasteiger partial charge in [-0.3, -0.25) is 0 Å². The summed E-state index contributed by atoms with van der Waals surface area (Å²) < 4.78 is 22.6. The highest BCUT2D eigenvalue weighted by Crippen LogP contribution is 2.40. The van der Waals surface area contributed by atoms with Gasteiger partial charge in [-0.25, -0.2) is 8.42 Å². The molecule has 0 saturated carbocycles. The van der Waals surface area contributed by atoms with E-state index >= 15 is 0 Å². The minimum atomic E-state index is -2.91. The first-order valence-corrected chi connectivity index (χ1v) is 8.14. The van der Waals surface area contributed by atoms with Crippen molar-refractivity contribution in [2.75, 3.05) is 23.0 Å². The predicted molar refractivity (Wildman–Crippen MR) is 61.7 cm³/mol. The molecule has 2 aliphatic heterocycles. The van der Waals surface area contributed by atoms with E-state index in [9.17, 15) is 13.5 Å². The first-order chi connectivity index (χ1) is 6.87. The SMILES string of the molecule is NC1(C2(O)CCSC2)CCS(=O)(=O)CC1. The molecule has 1 unspecified atom stereocenters. The number of rotatable bonds is 1. The lowest BCUT2D eigenvalue weighted by molar-refractivity contribution is -0.0173. The molecule has 0 aromatic heterocycles. The molecule has 0 aromatic carbocycles. The van der Waals surface area contributed by atoms with Crippen LogP contribution in [0.4, 0.5) is 0 Å². The summed E-state index contributed by atoms with van der Waals surface area (Å²) in [5, 5.41) is 10.4. The van der Waals surface area contributed by atoms with E-state index in [0.29, 0.717) is 25.0 Å². The first kappa shape index (κ1) is 11.7. The van der Waals surface area contributed by atoms with Crippen molar-refractivity contribution in [3.63, 3.8) is 0 Å². The van der Waals surface area contributed by atoms with Gasteiger partial charge in [0, 0.05) is 11.3 Å². The number of hydrogen-bond acceptors (Lipinski definition) is 5. The second-order valence-electron chi connectivity index (χ2n) is 4.64. The molecule has 0 amide bonds. The smallest absolute Gasteiger partial charge is 0.150 e. The van der Waals surface area contributed by atoms with Gasteiger partial charge >= 0.3 is 0 Å². The van der Waals surface area contributed by atoms with E-state index in [2.05, 4.69) is 0 Å². The Kier molecular flexibility index (Phi) is 2.82. The van der Waals surface area contributed by atoms with Crippen LogP contribution in [0.5, 0.6) is 0 Å². The van der Waals surface area contributed by atoms with Gasteiger partial charge in [-0.05, 0) is 25.0 Å². The van der Waals surface area contributed by atoms with Gasteiger partial charge in [-0.2, -0.15) is 11.8 Å². The van der Waals surface area contributed by atoms with Gasteiger partial charge in [0.25, 0.3) is 0 Å². The van der Waals surface area contributed by atoms with Crippen LogP contribution in [0.15, 0.2) is 0 Å². The number of aliphatic hydroxyl groups is 1. The minimum Gasteiger partial charge on any atom is -0.387 e. The van der Waals surface area contributed by atoms with Crippen LogP contribution in [0.2, 0.25) is 0 Å². The van der Waals surface area contributed by atoms with Gasteiger partial charge in [0.15, 0.2) is 0 Å². The summed E-state index contributed by atoms with van der Waals surface area (Å²) in [6.45, 7) is 0. The van der Waals surface area contributed by atoms with Crippen molar-refractivity contribution in [2.45, 2.75) is 30.4 Å². The van der Waals surface area contributed by atoms with Crippen LogP contribution in [0.25, 0.3) is 0 Å². The van der Waals surface area contributed by atoms with Crippen molar-refractivity contribution in [1.82, 2.24) is 0 Å². The van der Waals surface area contributed by atoms with Crippen LogP contribution < -0.4 is 5.73 Å². The lowest BCUT2D eigenvalue weighted by Gasteiger charge is -2.44. The predicted octanol–water partition coefficient (Wildman–Crippen LogP) is -0.240. The number of hydrogen-bond donors (Lipinski definition) is 2. The van der Waals surface area contributed by atoms with Crippen molar-refractivity contribution in [3.05, 3.63) is 0 Å². The van der Waals surface area contributed by atoms with Gasteiger partial charge in [-0.15, -0.1) is 0 Å². The van der Waals surface area contributed by atoms with Gasteiger partial charge in [0.05, 0.1) is 17.1 Å². The molecule has 4 nitrogen and oxygen atoms in total. The average molecular weight is 251 g/mol. The Bertz CT molecular complexity index is 332. The van der Waals surface area contributed by atoms with Crippen molar-refractivity contribution in [2.24, 2.45) is 5.73 Å². The van der Waals surface area contributed by atoms with Crippen LogP contribution in [0.1, 0.15) is 19.3 Å². The molecule has 2 rings (SSSR count). The van der Waals surface area contributed by atoms with E-state index in [1.54, 1.807) is 11.8 Å². The highest BCUT2D eigenvalue weighted by molar-refractivity contribution is 7.99. The normalized spacial score (nSPS) is 39.1. The fourth-order valence-corrected chi connectivity index (χ4v) is 5.27. The Morgan fingerprint density at radius 3 is 2.27 bits per heavy atom. The molecule has 0 bridgehead atoms. The zero-order valence-electron chi connectivity index (χ0n) is 8.61. The molecule has 2 saturated heterocycles. The summed E-state index contributed by atoms with van der Waals surface area (Å²) in [7, 11) is -2.91. The average Bonchev–Trinajstić information content (AvgIpc) is 2.60. The molecule has 0 aromatic rings. The molecule has 2 heterocycles. The third-order valence-corrected chi connectivity index (χ3v) is 6.47. The maximum absolute atomic E-state index is 11.3. The molecular formula is C9H17NO3S2. The van der Waals surface area contributed by atoms with E-state index in [1.165, 1.54) is 0 Å². The maximum Gasteiger partial charge on any atom is 0.150 e. The molecular weight excluding hydrogens is 234 g/mol. The van der Waals surface area contributed by atoms with Crippen molar-refractivity contribution in [1.29, 1.82) is 0 Å². The largest absolute Gasteiger partial charge is 0.387 e. The molecule has 2 fully saturated rings. The van der Waals surface area contributed by atoms with Crippen molar-refractivity contribution in [3.8, 4) is 0 Å². The standard InChI is InChI=1S/C9H17NO3S2/c10-8(9(11)1-4-14-7-9)2-5-15(12,13)6-3-8/h11H,1-7,10H2. The van der Waals surface area contributed by atoms with Crippen LogP contribution in [-0.2, 0) is 9.84 Å². The summed E-state index contributed by atoms with van der Waals surface area (Å²) in [6.07, 6.45) is 1.48. The molecule has 2 aliphatic rings. The molecule has 1 atom stereocenters. The number of nitrogens with two attached hydrogens (primary N) is 1. The van der Waals surface area contributed by atoms with E-state index in [-0.39, 0.29) is 11.5 Å². The number of sulfone groups is 1. The van der Waals surface area contributed by atoms with E-state index in [0.717, 1.165) is 5.75 Å². The molecule has 0 spiro atoms. The second kappa shape index (κ2) is 3.61. The summed E-state index contributed by atoms with van der Waals surface area (Å²) in [4.78, 5) is 0. The second-order valence-corrected chi connectivity index (χ2v) is 8.05. The van der Waals surface area contributed by atoms with Crippen LogP contribution in [0, 0.1) is 0 Å². The highest BCUT2D eigenvalue weighted by atomic mass is 32.2. The van der Waals surface area contributed by atoms with Gasteiger partial charge in [-0.1, -0.05) is 0 Å². The Labute approximate surface area is 94.5 Å². The fraction of sp³-hybridized carbons (Fsp3) is 1.00. The topological polar surface area (TPSA) is 80.4 Å². The third-order valence-electron chi connectivity index (χ3n) is 3.65. The number of thioether (sulfide) groups is 1. The minimum absolute atomic E-state index is 0.122.